The second-order valence-corrected chi connectivity index (χ2v) is 6.88. The van der Waals surface area contributed by atoms with Gasteiger partial charge in [-0.15, -0.1) is 0 Å². The van der Waals surface area contributed by atoms with Crippen LogP contribution in [0.4, 0.5) is 4.39 Å². The number of rotatable bonds is 4. The summed E-state index contributed by atoms with van der Waals surface area (Å²) in [6.07, 6.45) is 1.68. The predicted octanol–water partition coefficient (Wildman–Crippen LogP) is 3.44. The lowest BCUT2D eigenvalue weighted by molar-refractivity contribution is -0.131. The van der Waals surface area contributed by atoms with Crippen LogP contribution in [0.1, 0.15) is 28.8 Å². The first kappa shape index (κ1) is 18.4. The number of benzene rings is 2. The fourth-order valence-corrected chi connectivity index (χ4v) is 3.25. The molecule has 1 N–H and O–H groups in total. The number of carbonyl (C=O) groups is 2. The maximum atomic E-state index is 12.9. The predicted molar refractivity (Wildman–Crippen MR) is 98.6 cm³/mol. The summed E-state index contributed by atoms with van der Waals surface area (Å²) in [6.45, 7) is 1.20. The molecule has 6 heteroatoms. The van der Waals surface area contributed by atoms with Crippen molar-refractivity contribution in [1.82, 2.24) is 10.2 Å². The maximum absolute atomic E-state index is 12.9. The smallest absolute Gasteiger partial charge is 0.251 e. The Morgan fingerprint density at radius 2 is 1.81 bits per heavy atom. The molecule has 2 aromatic rings. The van der Waals surface area contributed by atoms with E-state index in [1.54, 1.807) is 41.3 Å². The quantitative estimate of drug-likeness (QED) is 0.891. The van der Waals surface area contributed by atoms with Gasteiger partial charge in [-0.1, -0.05) is 29.8 Å². The molecule has 0 spiro atoms. The number of nitrogens with zero attached hydrogens (tertiary/aromatic N) is 1. The summed E-state index contributed by atoms with van der Waals surface area (Å²) in [5.74, 6) is -0.433. The highest BCUT2D eigenvalue weighted by molar-refractivity contribution is 6.30. The van der Waals surface area contributed by atoms with Crippen LogP contribution in [0.2, 0.25) is 5.02 Å². The van der Waals surface area contributed by atoms with E-state index in [9.17, 15) is 14.0 Å². The van der Waals surface area contributed by atoms with Crippen molar-refractivity contribution in [1.29, 1.82) is 0 Å². The molecule has 0 aromatic heterocycles. The minimum atomic E-state index is -0.308. The van der Waals surface area contributed by atoms with Crippen LogP contribution in [0.15, 0.2) is 48.5 Å². The Morgan fingerprint density at radius 1 is 1.12 bits per heavy atom. The molecule has 1 heterocycles. The Morgan fingerprint density at radius 3 is 2.46 bits per heavy atom. The van der Waals surface area contributed by atoms with Gasteiger partial charge < -0.3 is 10.2 Å². The van der Waals surface area contributed by atoms with Gasteiger partial charge in [0.1, 0.15) is 5.82 Å². The Hall–Kier alpha value is -2.40. The van der Waals surface area contributed by atoms with Gasteiger partial charge in [0.05, 0.1) is 6.42 Å². The number of amides is 2. The molecule has 0 aliphatic carbocycles. The average molecular weight is 375 g/mol. The Bertz CT molecular complexity index is 787. The van der Waals surface area contributed by atoms with Crippen molar-refractivity contribution in [2.75, 3.05) is 13.1 Å². The zero-order valence-corrected chi connectivity index (χ0v) is 15.0. The van der Waals surface area contributed by atoms with Crippen LogP contribution in [-0.4, -0.2) is 35.8 Å². The molecule has 0 unspecified atom stereocenters. The lowest BCUT2D eigenvalue weighted by Gasteiger charge is -2.32. The van der Waals surface area contributed by atoms with Gasteiger partial charge in [-0.2, -0.15) is 0 Å². The van der Waals surface area contributed by atoms with Crippen molar-refractivity contribution in [3.63, 3.8) is 0 Å². The van der Waals surface area contributed by atoms with E-state index >= 15 is 0 Å². The van der Waals surface area contributed by atoms with Gasteiger partial charge >= 0.3 is 0 Å². The molecule has 0 atom stereocenters. The van der Waals surface area contributed by atoms with E-state index in [2.05, 4.69) is 5.32 Å². The topological polar surface area (TPSA) is 49.4 Å². The van der Waals surface area contributed by atoms with Crippen molar-refractivity contribution in [2.45, 2.75) is 25.3 Å². The number of hydrogen-bond donors (Lipinski definition) is 1. The van der Waals surface area contributed by atoms with Gasteiger partial charge in [0.2, 0.25) is 5.91 Å². The third-order valence-corrected chi connectivity index (χ3v) is 4.77. The summed E-state index contributed by atoms with van der Waals surface area (Å²) < 4.78 is 12.9. The highest BCUT2D eigenvalue weighted by atomic mass is 35.5. The van der Waals surface area contributed by atoms with E-state index in [1.807, 2.05) is 0 Å². The zero-order chi connectivity index (χ0) is 18.5. The summed E-state index contributed by atoms with van der Waals surface area (Å²) in [7, 11) is 0. The molecule has 0 radical (unpaired) electrons. The summed E-state index contributed by atoms with van der Waals surface area (Å²) in [4.78, 5) is 26.4. The third kappa shape index (κ3) is 4.82. The molecule has 0 bridgehead atoms. The number of likely N-dealkylation sites (tertiary alicyclic amines) is 1. The summed E-state index contributed by atoms with van der Waals surface area (Å²) in [6, 6.07) is 12.9. The summed E-state index contributed by atoms with van der Waals surface area (Å²) >= 11 is 5.92. The highest BCUT2D eigenvalue weighted by Crippen LogP contribution is 2.15. The van der Waals surface area contributed by atoms with Crippen LogP contribution >= 0.6 is 11.6 Å². The Balaban J connectivity index is 1.48. The second-order valence-electron chi connectivity index (χ2n) is 6.44. The number of piperidine rings is 1. The van der Waals surface area contributed by atoms with E-state index in [-0.39, 0.29) is 30.1 Å². The van der Waals surface area contributed by atoms with Crippen LogP contribution in [0.25, 0.3) is 0 Å². The Labute approximate surface area is 157 Å². The van der Waals surface area contributed by atoms with E-state index in [1.165, 1.54) is 12.1 Å². The lowest BCUT2D eigenvalue weighted by Crippen LogP contribution is -2.47. The molecule has 2 amide bonds. The second kappa shape index (κ2) is 8.32. The SMILES string of the molecule is O=C(NC1CCN(C(=O)Cc2ccc(F)cc2)CC1)c1cccc(Cl)c1. The van der Waals surface area contributed by atoms with E-state index in [4.69, 9.17) is 11.6 Å². The standard InChI is InChI=1S/C20H20ClFN2O2/c21-16-3-1-2-15(13-16)20(26)23-18-8-10-24(11-9-18)19(25)12-14-4-6-17(22)7-5-14/h1-7,13,18H,8-12H2,(H,23,26). The molecule has 136 valence electrons. The van der Waals surface area contributed by atoms with E-state index < -0.39 is 0 Å². The Kier molecular flexibility index (Phi) is 5.89. The number of hydrogen-bond acceptors (Lipinski definition) is 2. The van der Waals surface area contributed by atoms with Gasteiger partial charge in [-0.05, 0) is 48.7 Å². The molecule has 1 aliphatic rings. The van der Waals surface area contributed by atoms with Gasteiger partial charge in [-0.25, -0.2) is 4.39 Å². The van der Waals surface area contributed by atoms with Gasteiger partial charge in [0, 0.05) is 29.7 Å². The maximum Gasteiger partial charge on any atom is 0.251 e. The fourth-order valence-electron chi connectivity index (χ4n) is 3.06. The van der Waals surface area contributed by atoms with Gasteiger partial charge in [-0.3, -0.25) is 9.59 Å². The minimum absolute atomic E-state index is 0.0243. The normalized spacial score (nSPS) is 14.9. The molecule has 3 rings (SSSR count). The third-order valence-electron chi connectivity index (χ3n) is 4.54. The summed E-state index contributed by atoms with van der Waals surface area (Å²) in [5, 5.41) is 3.53. The number of carbonyl (C=O) groups excluding carboxylic acids is 2. The first-order chi connectivity index (χ1) is 12.5. The molecule has 26 heavy (non-hydrogen) atoms. The average Bonchev–Trinajstić information content (AvgIpc) is 2.64. The molecular weight excluding hydrogens is 355 g/mol. The lowest BCUT2D eigenvalue weighted by atomic mass is 10.0. The van der Waals surface area contributed by atoms with Crippen molar-refractivity contribution in [2.24, 2.45) is 0 Å². The van der Waals surface area contributed by atoms with Crippen molar-refractivity contribution < 1.29 is 14.0 Å². The van der Waals surface area contributed by atoms with Gasteiger partial charge in [0.25, 0.3) is 5.91 Å². The molecular formula is C20H20ClFN2O2. The van der Waals surface area contributed by atoms with Crippen molar-refractivity contribution in [3.05, 3.63) is 70.5 Å². The van der Waals surface area contributed by atoms with E-state index in [0.29, 0.717) is 36.5 Å². The largest absolute Gasteiger partial charge is 0.349 e. The molecule has 4 nitrogen and oxygen atoms in total. The van der Waals surface area contributed by atoms with Crippen LogP contribution in [0.3, 0.4) is 0 Å². The molecule has 1 saturated heterocycles. The highest BCUT2D eigenvalue weighted by Gasteiger charge is 2.24. The summed E-state index contributed by atoms with van der Waals surface area (Å²) in [5.41, 5.74) is 1.33. The first-order valence-corrected chi connectivity index (χ1v) is 8.98. The molecule has 1 fully saturated rings. The number of halogens is 2. The number of nitrogens with one attached hydrogen (secondary N) is 1. The minimum Gasteiger partial charge on any atom is -0.349 e. The van der Waals surface area contributed by atoms with Crippen LogP contribution in [-0.2, 0) is 11.2 Å². The molecule has 0 saturated carbocycles. The van der Waals surface area contributed by atoms with Crippen molar-refractivity contribution >= 4 is 23.4 Å². The van der Waals surface area contributed by atoms with Gasteiger partial charge in [0.15, 0.2) is 0 Å². The van der Waals surface area contributed by atoms with Crippen LogP contribution < -0.4 is 5.32 Å². The van der Waals surface area contributed by atoms with Crippen LogP contribution in [0.5, 0.6) is 0 Å². The molecule has 2 aromatic carbocycles. The molecule has 1 aliphatic heterocycles. The fraction of sp³-hybridized carbons (Fsp3) is 0.300. The zero-order valence-electron chi connectivity index (χ0n) is 14.3. The monoisotopic (exact) mass is 374 g/mol. The first-order valence-electron chi connectivity index (χ1n) is 8.60. The van der Waals surface area contributed by atoms with Crippen LogP contribution in [0, 0.1) is 5.82 Å². The van der Waals surface area contributed by atoms with Crippen molar-refractivity contribution in [3.8, 4) is 0 Å². The van der Waals surface area contributed by atoms with E-state index in [0.717, 1.165) is 5.56 Å².